The summed E-state index contributed by atoms with van der Waals surface area (Å²) in [5, 5.41) is 8.21. The SMILES string of the molecule is O=C(Nc1noc2ncccc12)N1CC2(CCN(Cc3cccc(Oc4ccc(Cl)cc4)c3)CC2)C1. The first-order valence-electron chi connectivity index (χ1n) is 12.1. The first kappa shape index (κ1) is 22.8. The van der Waals surface area contributed by atoms with Crippen molar-refractivity contribution in [2.45, 2.75) is 19.4 Å². The molecule has 2 aromatic carbocycles. The summed E-state index contributed by atoms with van der Waals surface area (Å²) < 4.78 is 11.2. The molecule has 2 aliphatic heterocycles. The number of ether oxygens (including phenoxy) is 1. The Bertz CT molecular complexity index is 1370. The molecule has 0 atom stereocenters. The van der Waals surface area contributed by atoms with E-state index in [4.69, 9.17) is 20.9 Å². The average Bonchev–Trinajstić information content (AvgIpc) is 3.27. The maximum atomic E-state index is 12.7. The average molecular weight is 504 g/mol. The molecule has 6 rings (SSSR count). The molecule has 0 unspecified atom stereocenters. The van der Waals surface area contributed by atoms with Crippen LogP contribution in [0.2, 0.25) is 5.02 Å². The number of anilines is 1. The van der Waals surface area contributed by atoms with Crippen molar-refractivity contribution >= 4 is 34.5 Å². The highest BCUT2D eigenvalue weighted by Crippen LogP contribution is 2.41. The van der Waals surface area contributed by atoms with Gasteiger partial charge in [-0.15, -0.1) is 0 Å². The highest BCUT2D eigenvalue weighted by molar-refractivity contribution is 6.30. The Morgan fingerprint density at radius 1 is 1.06 bits per heavy atom. The van der Waals surface area contributed by atoms with Crippen molar-refractivity contribution in [3.63, 3.8) is 0 Å². The Labute approximate surface area is 213 Å². The van der Waals surface area contributed by atoms with Gasteiger partial charge in [0.2, 0.25) is 0 Å². The highest BCUT2D eigenvalue weighted by Gasteiger charge is 2.46. The molecule has 184 valence electrons. The summed E-state index contributed by atoms with van der Waals surface area (Å²) in [6.07, 6.45) is 3.79. The van der Waals surface area contributed by atoms with Gasteiger partial charge in [0.1, 0.15) is 11.5 Å². The van der Waals surface area contributed by atoms with Gasteiger partial charge in [0.05, 0.1) is 5.39 Å². The van der Waals surface area contributed by atoms with Crippen LogP contribution >= 0.6 is 11.6 Å². The fourth-order valence-electron chi connectivity index (χ4n) is 5.07. The monoisotopic (exact) mass is 503 g/mol. The molecule has 1 spiro atoms. The number of nitrogens with one attached hydrogen (secondary N) is 1. The zero-order chi connectivity index (χ0) is 24.5. The van der Waals surface area contributed by atoms with Gasteiger partial charge in [-0.3, -0.25) is 10.2 Å². The number of benzene rings is 2. The second-order valence-electron chi connectivity index (χ2n) is 9.65. The molecule has 0 aliphatic carbocycles. The van der Waals surface area contributed by atoms with Gasteiger partial charge in [0.15, 0.2) is 5.82 Å². The zero-order valence-corrected chi connectivity index (χ0v) is 20.4. The third kappa shape index (κ3) is 4.74. The number of aromatic nitrogens is 2. The molecule has 9 heteroatoms. The summed E-state index contributed by atoms with van der Waals surface area (Å²) in [6.45, 7) is 4.44. The predicted octanol–water partition coefficient (Wildman–Crippen LogP) is 5.80. The Morgan fingerprint density at radius 3 is 2.67 bits per heavy atom. The van der Waals surface area contributed by atoms with E-state index in [9.17, 15) is 4.79 Å². The summed E-state index contributed by atoms with van der Waals surface area (Å²) in [7, 11) is 0. The molecule has 36 heavy (non-hydrogen) atoms. The minimum absolute atomic E-state index is 0.139. The molecule has 4 heterocycles. The Morgan fingerprint density at radius 2 is 1.86 bits per heavy atom. The largest absolute Gasteiger partial charge is 0.457 e. The molecule has 1 N–H and O–H groups in total. The maximum Gasteiger partial charge on any atom is 0.323 e. The van der Waals surface area contributed by atoms with Gasteiger partial charge >= 0.3 is 6.03 Å². The van der Waals surface area contributed by atoms with Crippen LogP contribution in [0.1, 0.15) is 18.4 Å². The topological polar surface area (TPSA) is 83.7 Å². The Hall–Kier alpha value is -3.62. The number of hydrogen-bond donors (Lipinski definition) is 1. The van der Waals surface area contributed by atoms with Gasteiger partial charge in [-0.1, -0.05) is 28.9 Å². The molecule has 8 nitrogen and oxygen atoms in total. The van der Waals surface area contributed by atoms with Gasteiger partial charge in [0.25, 0.3) is 5.71 Å². The molecule has 2 fully saturated rings. The van der Waals surface area contributed by atoms with Gasteiger partial charge in [-0.25, -0.2) is 9.78 Å². The van der Waals surface area contributed by atoms with E-state index < -0.39 is 0 Å². The molecule has 2 saturated heterocycles. The molecular weight excluding hydrogens is 478 g/mol. The summed E-state index contributed by atoms with van der Waals surface area (Å²) in [5.41, 5.74) is 1.85. The molecule has 2 aromatic heterocycles. The van der Waals surface area contributed by atoms with E-state index in [-0.39, 0.29) is 11.4 Å². The zero-order valence-electron chi connectivity index (χ0n) is 19.7. The number of likely N-dealkylation sites (tertiary alicyclic amines) is 2. The van der Waals surface area contributed by atoms with Crippen molar-refractivity contribution in [2.75, 3.05) is 31.5 Å². The first-order chi connectivity index (χ1) is 17.6. The number of urea groups is 1. The van der Waals surface area contributed by atoms with Gasteiger partial charge in [-0.2, -0.15) is 0 Å². The number of rotatable bonds is 5. The lowest BCUT2D eigenvalue weighted by Gasteiger charge is -2.53. The minimum Gasteiger partial charge on any atom is -0.457 e. The highest BCUT2D eigenvalue weighted by atomic mass is 35.5. The van der Waals surface area contributed by atoms with Crippen molar-refractivity contribution < 1.29 is 14.1 Å². The molecule has 0 radical (unpaired) electrons. The predicted molar refractivity (Wildman–Crippen MR) is 137 cm³/mol. The Kier molecular flexibility index (Phi) is 5.99. The number of amides is 2. The molecular formula is C27H26ClN5O3. The molecule has 2 aliphatic rings. The number of carbonyl (C=O) groups is 1. The van der Waals surface area contributed by atoms with Gasteiger partial charge in [-0.05, 0) is 80.0 Å². The summed E-state index contributed by atoms with van der Waals surface area (Å²) in [5.74, 6) is 2.00. The van der Waals surface area contributed by atoms with Crippen molar-refractivity contribution in [3.8, 4) is 11.5 Å². The fourth-order valence-corrected chi connectivity index (χ4v) is 5.19. The molecule has 4 aromatic rings. The lowest BCUT2D eigenvalue weighted by molar-refractivity contribution is -0.0200. The van der Waals surface area contributed by atoms with E-state index in [0.717, 1.165) is 57.1 Å². The maximum absolute atomic E-state index is 12.7. The number of hydrogen-bond acceptors (Lipinski definition) is 6. The lowest BCUT2D eigenvalue weighted by atomic mass is 9.72. The van der Waals surface area contributed by atoms with E-state index >= 15 is 0 Å². The smallest absolute Gasteiger partial charge is 0.323 e. The van der Waals surface area contributed by atoms with Crippen LogP contribution in [0.5, 0.6) is 11.5 Å². The fraction of sp³-hybridized carbons (Fsp3) is 0.296. The third-order valence-electron chi connectivity index (χ3n) is 7.09. The lowest BCUT2D eigenvalue weighted by Crippen LogP contribution is -2.62. The minimum atomic E-state index is -0.139. The quantitative estimate of drug-likeness (QED) is 0.370. The second-order valence-corrected chi connectivity index (χ2v) is 10.1. The van der Waals surface area contributed by atoms with Crippen LogP contribution in [0.3, 0.4) is 0 Å². The van der Waals surface area contributed by atoms with Crippen LogP contribution in [-0.4, -0.2) is 52.2 Å². The van der Waals surface area contributed by atoms with E-state index in [1.807, 2.05) is 47.4 Å². The third-order valence-corrected chi connectivity index (χ3v) is 7.34. The van der Waals surface area contributed by atoms with E-state index in [2.05, 4.69) is 32.5 Å². The van der Waals surface area contributed by atoms with Crippen LogP contribution in [-0.2, 0) is 6.54 Å². The van der Waals surface area contributed by atoms with Gasteiger partial charge < -0.3 is 14.2 Å². The molecule has 0 saturated carbocycles. The van der Waals surface area contributed by atoms with Gasteiger partial charge in [0, 0.05) is 36.3 Å². The summed E-state index contributed by atoms with van der Waals surface area (Å²) in [4.78, 5) is 21.2. The van der Waals surface area contributed by atoms with Crippen molar-refractivity contribution in [3.05, 3.63) is 77.4 Å². The summed E-state index contributed by atoms with van der Waals surface area (Å²) >= 11 is 5.96. The van der Waals surface area contributed by atoms with E-state index in [0.29, 0.717) is 21.9 Å². The number of fused-ring (bicyclic) bond motifs is 1. The standard InChI is InChI=1S/C27H26ClN5O3/c28-20-6-8-21(9-7-20)35-22-4-1-3-19(15-22)16-32-13-10-27(11-14-32)17-33(18-27)26(34)30-24-23-5-2-12-29-25(23)36-31-24/h1-9,12,15H,10-11,13-14,16-18H2,(H,30,31,34). The van der Waals surface area contributed by atoms with Crippen LogP contribution in [0.25, 0.3) is 11.1 Å². The number of nitrogens with zero attached hydrogens (tertiary/aromatic N) is 4. The van der Waals surface area contributed by atoms with Crippen molar-refractivity contribution in [1.29, 1.82) is 0 Å². The van der Waals surface area contributed by atoms with Crippen molar-refractivity contribution in [2.24, 2.45) is 5.41 Å². The van der Waals surface area contributed by atoms with Crippen LogP contribution in [0, 0.1) is 5.41 Å². The summed E-state index contributed by atoms with van der Waals surface area (Å²) in [6, 6.07) is 19.1. The Balaban J connectivity index is 0.993. The number of piperidine rings is 1. The van der Waals surface area contributed by atoms with E-state index in [1.165, 1.54) is 5.56 Å². The van der Waals surface area contributed by atoms with Crippen LogP contribution in [0.15, 0.2) is 71.4 Å². The second kappa shape index (κ2) is 9.44. The number of carbonyl (C=O) groups excluding carboxylic acids is 1. The van der Waals surface area contributed by atoms with Crippen LogP contribution < -0.4 is 10.1 Å². The first-order valence-corrected chi connectivity index (χ1v) is 12.4. The van der Waals surface area contributed by atoms with Crippen molar-refractivity contribution in [1.82, 2.24) is 19.9 Å². The van der Waals surface area contributed by atoms with Crippen LogP contribution in [0.4, 0.5) is 10.6 Å². The normalized spacial score (nSPS) is 17.2. The number of halogens is 1. The molecule has 0 bridgehead atoms. The van der Waals surface area contributed by atoms with E-state index in [1.54, 1.807) is 12.3 Å². The molecule has 2 amide bonds. The number of pyridine rings is 1.